The first kappa shape index (κ1) is 16.7. The third kappa shape index (κ3) is 3.52. The number of carbonyl (C=O) groups is 1. The minimum atomic E-state index is -1.26. The number of aromatic nitrogens is 2. The molecule has 2 aromatic heterocycles. The number of ether oxygens (including phenoxy) is 1. The average Bonchev–Trinajstić information content (AvgIpc) is 3.23. The number of rotatable bonds is 5. The van der Waals surface area contributed by atoms with Crippen LogP contribution in [0.1, 0.15) is 47.5 Å². The van der Waals surface area contributed by atoms with Gasteiger partial charge in [0.1, 0.15) is 11.4 Å². The molecule has 130 valence electrons. The number of nitrogens with zero attached hydrogens (tertiary/aromatic N) is 2. The highest BCUT2D eigenvalue weighted by Gasteiger charge is 2.29. The summed E-state index contributed by atoms with van der Waals surface area (Å²) in [7, 11) is 1.80. The number of carbonyl (C=O) groups excluding carboxylic acids is 1. The van der Waals surface area contributed by atoms with Gasteiger partial charge >= 0.3 is 0 Å². The van der Waals surface area contributed by atoms with E-state index in [1.807, 2.05) is 0 Å². The molecule has 1 saturated heterocycles. The van der Waals surface area contributed by atoms with Crippen molar-refractivity contribution in [2.45, 2.75) is 31.3 Å². The second-order valence-corrected chi connectivity index (χ2v) is 6.42. The number of aliphatic hydroxyl groups is 1. The van der Waals surface area contributed by atoms with Crippen molar-refractivity contribution in [3.63, 3.8) is 0 Å². The van der Waals surface area contributed by atoms with Crippen molar-refractivity contribution in [1.82, 2.24) is 15.1 Å². The van der Waals surface area contributed by atoms with E-state index in [4.69, 9.17) is 9.15 Å². The van der Waals surface area contributed by atoms with Gasteiger partial charge in [-0.3, -0.25) is 9.48 Å². The molecule has 7 nitrogen and oxygen atoms in total. The van der Waals surface area contributed by atoms with Crippen LogP contribution in [-0.2, 0) is 17.4 Å². The summed E-state index contributed by atoms with van der Waals surface area (Å²) in [5.41, 5.74) is 0.0933. The lowest BCUT2D eigenvalue weighted by atomic mass is 9.93. The Kier molecular flexibility index (Phi) is 4.73. The van der Waals surface area contributed by atoms with Gasteiger partial charge in [0.15, 0.2) is 0 Å². The van der Waals surface area contributed by atoms with E-state index in [2.05, 4.69) is 10.4 Å². The molecular formula is C17H23N3O4. The maximum absolute atomic E-state index is 12.6. The molecule has 24 heavy (non-hydrogen) atoms. The molecule has 7 heteroatoms. The lowest BCUT2D eigenvalue weighted by Crippen LogP contribution is -2.38. The largest absolute Gasteiger partial charge is 0.466 e. The maximum Gasteiger partial charge on any atom is 0.254 e. The fourth-order valence-electron chi connectivity index (χ4n) is 2.97. The Hall–Kier alpha value is -2.12. The molecule has 0 saturated carbocycles. The van der Waals surface area contributed by atoms with E-state index in [-0.39, 0.29) is 18.4 Å². The highest BCUT2D eigenvalue weighted by molar-refractivity contribution is 5.95. The molecule has 0 bridgehead atoms. The van der Waals surface area contributed by atoms with Crippen LogP contribution < -0.4 is 5.32 Å². The van der Waals surface area contributed by atoms with Crippen LogP contribution in [0.25, 0.3) is 0 Å². The smallest absolute Gasteiger partial charge is 0.254 e. The average molecular weight is 333 g/mol. The summed E-state index contributed by atoms with van der Waals surface area (Å²) in [5.74, 6) is 0.404. The van der Waals surface area contributed by atoms with Crippen LogP contribution in [0.3, 0.4) is 0 Å². The second kappa shape index (κ2) is 6.78. The van der Waals surface area contributed by atoms with Crippen LogP contribution in [0.5, 0.6) is 0 Å². The van der Waals surface area contributed by atoms with Crippen LogP contribution in [0, 0.1) is 0 Å². The van der Waals surface area contributed by atoms with Gasteiger partial charge in [0.05, 0.1) is 24.1 Å². The monoisotopic (exact) mass is 333 g/mol. The molecular weight excluding hydrogens is 310 g/mol. The van der Waals surface area contributed by atoms with Crippen LogP contribution in [0.15, 0.2) is 29.0 Å². The molecule has 1 unspecified atom stereocenters. The van der Waals surface area contributed by atoms with Crippen LogP contribution >= 0.6 is 0 Å². The molecule has 0 radical (unpaired) electrons. The summed E-state index contributed by atoms with van der Waals surface area (Å²) < 4.78 is 12.3. The van der Waals surface area contributed by atoms with Gasteiger partial charge in [-0.1, -0.05) is 0 Å². The molecule has 0 aliphatic carbocycles. The van der Waals surface area contributed by atoms with Crippen molar-refractivity contribution in [3.8, 4) is 0 Å². The minimum Gasteiger partial charge on any atom is -0.466 e. The van der Waals surface area contributed by atoms with Crippen molar-refractivity contribution in [3.05, 3.63) is 41.6 Å². The third-order valence-electron chi connectivity index (χ3n) is 4.36. The number of hydrogen-bond donors (Lipinski definition) is 2. The Labute approximate surface area is 140 Å². The summed E-state index contributed by atoms with van der Waals surface area (Å²) in [6, 6.07) is 3.39. The van der Waals surface area contributed by atoms with Crippen LogP contribution in [0.2, 0.25) is 0 Å². The molecule has 1 fully saturated rings. The van der Waals surface area contributed by atoms with E-state index in [1.165, 1.54) is 6.26 Å². The Balaban J connectivity index is 1.71. The first-order valence-electron chi connectivity index (χ1n) is 8.13. The highest BCUT2D eigenvalue weighted by atomic mass is 16.5. The molecule has 0 aromatic carbocycles. The number of hydrogen-bond acceptors (Lipinski definition) is 5. The van der Waals surface area contributed by atoms with Crippen molar-refractivity contribution in [1.29, 1.82) is 0 Å². The fraction of sp³-hybridized carbons (Fsp3) is 0.529. The van der Waals surface area contributed by atoms with Gasteiger partial charge < -0.3 is 19.6 Å². The van der Waals surface area contributed by atoms with Gasteiger partial charge in [-0.2, -0.15) is 5.10 Å². The van der Waals surface area contributed by atoms with Crippen LogP contribution in [-0.4, -0.2) is 40.6 Å². The molecule has 1 aliphatic heterocycles. The highest BCUT2D eigenvalue weighted by Crippen LogP contribution is 2.28. The molecule has 3 rings (SSSR count). The van der Waals surface area contributed by atoms with Gasteiger partial charge in [0.2, 0.25) is 0 Å². The maximum atomic E-state index is 12.6. The van der Waals surface area contributed by atoms with Gasteiger partial charge in [0.25, 0.3) is 5.91 Å². The van der Waals surface area contributed by atoms with Crippen LogP contribution in [0.4, 0.5) is 0 Å². The lowest BCUT2D eigenvalue weighted by Gasteiger charge is -2.23. The van der Waals surface area contributed by atoms with E-state index >= 15 is 0 Å². The van der Waals surface area contributed by atoms with Gasteiger partial charge in [0, 0.05) is 32.4 Å². The summed E-state index contributed by atoms with van der Waals surface area (Å²) in [6.07, 6.45) is 4.94. The Bertz CT molecular complexity index is 685. The quantitative estimate of drug-likeness (QED) is 0.866. The number of furan rings is 1. The Morgan fingerprint density at radius 3 is 2.92 bits per heavy atom. The zero-order chi connectivity index (χ0) is 17.2. The standard InChI is InChI=1S/C17H23N3O4/c1-17(22,14-4-3-7-24-14)11-18-16(21)13-10-20(2)19-15(13)12-5-8-23-9-6-12/h3-4,7,10,12,22H,5-6,8-9,11H2,1-2H3,(H,18,21). The van der Waals surface area contributed by atoms with Gasteiger partial charge in [-0.15, -0.1) is 0 Å². The number of nitrogens with one attached hydrogen (secondary N) is 1. The van der Waals surface area contributed by atoms with Gasteiger partial charge in [-0.05, 0) is 31.9 Å². The predicted molar refractivity (Wildman–Crippen MR) is 86.6 cm³/mol. The van der Waals surface area contributed by atoms with E-state index in [9.17, 15) is 9.90 Å². The summed E-state index contributed by atoms with van der Waals surface area (Å²) in [6.45, 7) is 3.04. The molecule has 1 aliphatic rings. The van der Waals surface area contributed by atoms with Crippen molar-refractivity contribution >= 4 is 5.91 Å². The molecule has 0 spiro atoms. The fourth-order valence-corrected chi connectivity index (χ4v) is 2.97. The lowest BCUT2D eigenvalue weighted by molar-refractivity contribution is 0.0330. The predicted octanol–water partition coefficient (Wildman–Crippen LogP) is 1.54. The molecule has 1 atom stereocenters. The van der Waals surface area contributed by atoms with E-state index < -0.39 is 5.60 Å². The molecule has 1 amide bonds. The number of amides is 1. The van der Waals surface area contributed by atoms with Crippen molar-refractivity contribution < 1.29 is 19.1 Å². The molecule has 2 N–H and O–H groups in total. The van der Waals surface area contributed by atoms with E-state index in [0.29, 0.717) is 24.5 Å². The minimum absolute atomic E-state index is 0.0570. The first-order valence-corrected chi connectivity index (χ1v) is 8.13. The molecule has 2 aromatic rings. The third-order valence-corrected chi connectivity index (χ3v) is 4.36. The van der Waals surface area contributed by atoms with Crippen molar-refractivity contribution in [2.75, 3.05) is 19.8 Å². The SMILES string of the molecule is Cn1cc(C(=O)NCC(C)(O)c2ccco2)c(C2CCOCC2)n1. The number of aryl methyl sites for hydroxylation is 1. The van der Waals surface area contributed by atoms with E-state index in [0.717, 1.165) is 18.5 Å². The van der Waals surface area contributed by atoms with Crippen molar-refractivity contribution in [2.24, 2.45) is 7.05 Å². The summed E-state index contributed by atoms with van der Waals surface area (Å²) in [4.78, 5) is 12.6. The molecule has 3 heterocycles. The zero-order valence-corrected chi connectivity index (χ0v) is 14.0. The Morgan fingerprint density at radius 2 is 2.25 bits per heavy atom. The Morgan fingerprint density at radius 1 is 1.50 bits per heavy atom. The topological polar surface area (TPSA) is 89.5 Å². The van der Waals surface area contributed by atoms with E-state index in [1.54, 1.807) is 37.0 Å². The zero-order valence-electron chi connectivity index (χ0n) is 14.0. The first-order chi connectivity index (χ1) is 11.5. The van der Waals surface area contributed by atoms with Gasteiger partial charge in [-0.25, -0.2) is 0 Å². The summed E-state index contributed by atoms with van der Waals surface area (Å²) in [5, 5.41) is 17.7. The summed E-state index contributed by atoms with van der Waals surface area (Å²) >= 11 is 0. The second-order valence-electron chi connectivity index (χ2n) is 6.42. The normalized spacial score (nSPS) is 18.3.